The van der Waals surface area contributed by atoms with Crippen molar-refractivity contribution in [1.29, 1.82) is 0 Å². The van der Waals surface area contributed by atoms with Gasteiger partial charge in [0.1, 0.15) is 5.69 Å². The first-order valence-electron chi connectivity index (χ1n) is 4.51. The van der Waals surface area contributed by atoms with E-state index in [4.69, 9.17) is 0 Å². The van der Waals surface area contributed by atoms with Gasteiger partial charge >= 0.3 is 0 Å². The third-order valence-corrected chi connectivity index (χ3v) is 2.12. The quantitative estimate of drug-likeness (QED) is 0.640. The summed E-state index contributed by atoms with van der Waals surface area (Å²) in [6.45, 7) is 0. The molecule has 0 unspecified atom stereocenters. The highest BCUT2D eigenvalue weighted by molar-refractivity contribution is 5.88. The van der Waals surface area contributed by atoms with Crippen LogP contribution in [-0.4, -0.2) is 25.1 Å². The van der Waals surface area contributed by atoms with Crippen LogP contribution in [0.3, 0.4) is 0 Å². The number of aromatic nitrogens is 5. The van der Waals surface area contributed by atoms with Crippen LogP contribution in [-0.2, 0) is 0 Å². The van der Waals surface area contributed by atoms with Crippen LogP contribution in [0.15, 0.2) is 36.8 Å². The third-order valence-electron chi connectivity index (χ3n) is 2.12. The molecule has 3 rings (SSSR count). The Labute approximate surface area is 85.2 Å². The summed E-state index contributed by atoms with van der Waals surface area (Å²) in [4.78, 5) is 12.5. The van der Waals surface area contributed by atoms with Crippen LogP contribution >= 0.6 is 0 Å². The molecule has 3 heterocycles. The lowest BCUT2D eigenvalue weighted by Crippen LogP contribution is -1.87. The Bertz CT molecular complexity index is 587. The molecule has 0 aromatic carbocycles. The van der Waals surface area contributed by atoms with Crippen LogP contribution < -0.4 is 0 Å². The Morgan fingerprint density at radius 1 is 0.933 bits per heavy atom. The van der Waals surface area contributed by atoms with Crippen molar-refractivity contribution in [3.05, 3.63) is 36.8 Å². The highest BCUT2D eigenvalue weighted by Crippen LogP contribution is 2.20. The summed E-state index contributed by atoms with van der Waals surface area (Å²) >= 11 is 0. The number of hydrogen-bond acceptors (Lipinski definition) is 4. The van der Waals surface area contributed by atoms with Gasteiger partial charge in [-0.2, -0.15) is 5.10 Å². The molecule has 0 aliphatic heterocycles. The van der Waals surface area contributed by atoms with Crippen molar-refractivity contribution >= 4 is 11.0 Å². The van der Waals surface area contributed by atoms with E-state index in [9.17, 15) is 0 Å². The minimum Gasteiger partial charge on any atom is -0.272 e. The first kappa shape index (κ1) is 8.05. The van der Waals surface area contributed by atoms with Gasteiger partial charge in [-0.1, -0.05) is 0 Å². The van der Waals surface area contributed by atoms with Gasteiger partial charge in [-0.25, -0.2) is 15.0 Å². The second-order valence-electron chi connectivity index (χ2n) is 3.05. The molecule has 1 N–H and O–H groups in total. The van der Waals surface area contributed by atoms with Crippen molar-refractivity contribution in [3.63, 3.8) is 0 Å². The summed E-state index contributed by atoms with van der Waals surface area (Å²) in [6.07, 6.45) is 5.11. The molecule has 0 saturated heterocycles. The van der Waals surface area contributed by atoms with Gasteiger partial charge < -0.3 is 0 Å². The number of pyridine rings is 1. The van der Waals surface area contributed by atoms with Crippen LogP contribution in [0.1, 0.15) is 0 Å². The predicted molar refractivity (Wildman–Crippen MR) is 54.9 cm³/mol. The van der Waals surface area contributed by atoms with Gasteiger partial charge in [0.05, 0.1) is 0 Å². The number of H-pyrrole nitrogens is 1. The molecular weight excluding hydrogens is 190 g/mol. The van der Waals surface area contributed by atoms with E-state index in [1.165, 1.54) is 0 Å². The number of fused-ring (bicyclic) bond motifs is 1. The van der Waals surface area contributed by atoms with Crippen molar-refractivity contribution < 1.29 is 0 Å². The Morgan fingerprint density at radius 2 is 1.73 bits per heavy atom. The van der Waals surface area contributed by atoms with Crippen molar-refractivity contribution in [1.82, 2.24) is 25.1 Å². The summed E-state index contributed by atoms with van der Waals surface area (Å²) in [6, 6.07) is 5.59. The van der Waals surface area contributed by atoms with Crippen molar-refractivity contribution in [2.24, 2.45) is 0 Å². The van der Waals surface area contributed by atoms with Gasteiger partial charge in [0, 0.05) is 24.0 Å². The number of hydrogen-bond donors (Lipinski definition) is 1. The highest BCUT2D eigenvalue weighted by atomic mass is 15.2. The largest absolute Gasteiger partial charge is 0.272 e. The molecule has 3 aromatic rings. The number of rotatable bonds is 1. The molecule has 5 nitrogen and oxygen atoms in total. The summed E-state index contributed by atoms with van der Waals surface area (Å²) in [7, 11) is 0. The lowest BCUT2D eigenvalue weighted by atomic mass is 10.2. The van der Waals surface area contributed by atoms with Crippen LogP contribution in [0.25, 0.3) is 22.6 Å². The van der Waals surface area contributed by atoms with Crippen molar-refractivity contribution in [2.75, 3.05) is 0 Å². The Balaban J connectivity index is 2.28. The molecule has 0 aliphatic carbocycles. The summed E-state index contributed by atoms with van der Waals surface area (Å²) in [5.74, 6) is 0.632. The average molecular weight is 197 g/mol. The predicted octanol–water partition coefficient (Wildman–Crippen LogP) is 1.41. The zero-order chi connectivity index (χ0) is 10.1. The number of nitrogens with one attached hydrogen (secondary N) is 1. The fourth-order valence-corrected chi connectivity index (χ4v) is 1.45. The van der Waals surface area contributed by atoms with Crippen molar-refractivity contribution in [2.45, 2.75) is 0 Å². The van der Waals surface area contributed by atoms with E-state index in [1.807, 2.05) is 12.1 Å². The van der Waals surface area contributed by atoms with E-state index in [0.29, 0.717) is 11.5 Å². The van der Waals surface area contributed by atoms with E-state index < -0.39 is 0 Å². The maximum Gasteiger partial charge on any atom is 0.181 e. The number of aromatic amines is 1. The van der Waals surface area contributed by atoms with Gasteiger partial charge in [-0.05, 0) is 18.2 Å². The zero-order valence-corrected chi connectivity index (χ0v) is 7.75. The van der Waals surface area contributed by atoms with E-state index in [2.05, 4.69) is 25.1 Å². The van der Waals surface area contributed by atoms with Crippen LogP contribution in [0.5, 0.6) is 0 Å². The highest BCUT2D eigenvalue weighted by Gasteiger charge is 2.08. The molecule has 0 radical (unpaired) electrons. The first-order valence-corrected chi connectivity index (χ1v) is 4.51. The SMILES string of the molecule is c1cnc(-c2[nH]nc3ncccc23)nc1. The lowest BCUT2D eigenvalue weighted by Gasteiger charge is -1.94. The summed E-state index contributed by atoms with van der Waals surface area (Å²) in [5.41, 5.74) is 1.48. The normalized spacial score (nSPS) is 10.7. The standard InChI is InChI=1S/C10H7N5/c1-3-7-8(10-12-5-2-6-13-10)14-15-9(7)11-4-1/h1-6H,(H,11,14,15). The van der Waals surface area contributed by atoms with Gasteiger partial charge in [-0.15, -0.1) is 0 Å². The minimum atomic E-state index is 0.632. The van der Waals surface area contributed by atoms with Gasteiger partial charge in [0.2, 0.25) is 0 Å². The van der Waals surface area contributed by atoms with Crippen LogP contribution in [0.4, 0.5) is 0 Å². The second-order valence-corrected chi connectivity index (χ2v) is 3.05. The van der Waals surface area contributed by atoms with Crippen molar-refractivity contribution in [3.8, 4) is 11.5 Å². The molecule has 15 heavy (non-hydrogen) atoms. The minimum absolute atomic E-state index is 0.632. The molecule has 0 spiro atoms. The van der Waals surface area contributed by atoms with E-state index in [-0.39, 0.29) is 0 Å². The Hall–Kier alpha value is -2.30. The maximum atomic E-state index is 4.16. The maximum absolute atomic E-state index is 4.16. The molecule has 0 atom stereocenters. The molecule has 0 fully saturated rings. The van der Waals surface area contributed by atoms with Gasteiger partial charge in [-0.3, -0.25) is 5.10 Å². The summed E-state index contributed by atoms with van der Waals surface area (Å²) in [5, 5.41) is 7.91. The van der Waals surface area contributed by atoms with E-state index in [0.717, 1.165) is 11.1 Å². The first-order chi connectivity index (χ1) is 7.45. The smallest absolute Gasteiger partial charge is 0.181 e. The molecule has 0 aliphatic rings. The fourth-order valence-electron chi connectivity index (χ4n) is 1.45. The van der Waals surface area contributed by atoms with Crippen LogP contribution in [0, 0.1) is 0 Å². The molecule has 0 saturated carbocycles. The Morgan fingerprint density at radius 3 is 2.60 bits per heavy atom. The van der Waals surface area contributed by atoms with E-state index >= 15 is 0 Å². The van der Waals surface area contributed by atoms with E-state index in [1.54, 1.807) is 24.7 Å². The zero-order valence-electron chi connectivity index (χ0n) is 7.75. The van der Waals surface area contributed by atoms with Gasteiger partial charge in [0.25, 0.3) is 0 Å². The third kappa shape index (κ3) is 1.25. The average Bonchev–Trinajstić information content (AvgIpc) is 2.74. The lowest BCUT2D eigenvalue weighted by molar-refractivity contribution is 1.07. The number of nitrogens with zero attached hydrogens (tertiary/aromatic N) is 4. The Kier molecular flexibility index (Phi) is 1.68. The molecule has 3 aromatic heterocycles. The summed E-state index contributed by atoms with van der Waals surface area (Å²) < 4.78 is 0. The molecule has 0 amide bonds. The molecule has 72 valence electrons. The monoisotopic (exact) mass is 197 g/mol. The topological polar surface area (TPSA) is 67.3 Å². The molecule has 0 bridgehead atoms. The molecule has 5 heteroatoms. The molecular formula is C10H7N5. The van der Waals surface area contributed by atoms with Gasteiger partial charge in [0.15, 0.2) is 11.5 Å². The fraction of sp³-hybridized carbons (Fsp3) is 0. The second kappa shape index (κ2) is 3.13. The van der Waals surface area contributed by atoms with Crippen LogP contribution in [0.2, 0.25) is 0 Å².